The molecule has 1 aromatic rings. The number of benzene rings is 1. The van der Waals surface area contributed by atoms with Gasteiger partial charge in [-0.05, 0) is 48.3 Å². The first-order chi connectivity index (χ1) is 11.6. The van der Waals surface area contributed by atoms with Crippen molar-refractivity contribution in [1.29, 1.82) is 0 Å². The van der Waals surface area contributed by atoms with Crippen LogP contribution >= 0.6 is 0 Å². The van der Waals surface area contributed by atoms with Gasteiger partial charge in [0.1, 0.15) is 12.4 Å². The lowest BCUT2D eigenvalue weighted by atomic mass is 9.92. The fourth-order valence-corrected chi connectivity index (χ4v) is 3.62. The summed E-state index contributed by atoms with van der Waals surface area (Å²) in [5.41, 5.74) is 1.38. The molecule has 24 heavy (non-hydrogen) atoms. The van der Waals surface area contributed by atoms with Crippen LogP contribution in [-0.2, 0) is 4.74 Å². The molecule has 136 valence electrons. The standard InChI is InChI=1S/C21H35NO2/c1-5-19(4)20-6-8-21(9-7-20)24-13-12-23-11-10-22-15-17(2)14-18(3)16-22/h6-9,17-19H,5,10-16H2,1-4H3/t17-,18-,19+/m0/s1. The van der Waals surface area contributed by atoms with Gasteiger partial charge >= 0.3 is 0 Å². The molecule has 0 amide bonds. The Morgan fingerprint density at radius 3 is 2.33 bits per heavy atom. The summed E-state index contributed by atoms with van der Waals surface area (Å²) in [5, 5.41) is 0. The van der Waals surface area contributed by atoms with Crippen molar-refractivity contribution in [3.05, 3.63) is 29.8 Å². The molecule has 0 N–H and O–H groups in total. The van der Waals surface area contributed by atoms with Crippen molar-refractivity contribution in [2.45, 2.75) is 46.5 Å². The van der Waals surface area contributed by atoms with E-state index in [2.05, 4.69) is 56.9 Å². The van der Waals surface area contributed by atoms with Crippen LogP contribution < -0.4 is 4.74 Å². The molecule has 1 saturated heterocycles. The summed E-state index contributed by atoms with van der Waals surface area (Å²) in [6.45, 7) is 14.7. The highest BCUT2D eigenvalue weighted by atomic mass is 16.5. The number of hydrogen-bond donors (Lipinski definition) is 0. The number of ether oxygens (including phenoxy) is 2. The second-order valence-electron chi connectivity index (χ2n) is 7.54. The minimum absolute atomic E-state index is 0.614. The average molecular weight is 334 g/mol. The maximum Gasteiger partial charge on any atom is 0.119 e. The Labute approximate surface area is 148 Å². The van der Waals surface area contributed by atoms with Crippen molar-refractivity contribution in [2.24, 2.45) is 11.8 Å². The van der Waals surface area contributed by atoms with Crippen molar-refractivity contribution < 1.29 is 9.47 Å². The first-order valence-corrected chi connectivity index (χ1v) is 9.61. The summed E-state index contributed by atoms with van der Waals surface area (Å²) in [6, 6.07) is 8.47. The van der Waals surface area contributed by atoms with E-state index in [0.717, 1.165) is 30.7 Å². The number of likely N-dealkylation sites (tertiary alicyclic amines) is 1. The van der Waals surface area contributed by atoms with Crippen molar-refractivity contribution in [3.8, 4) is 5.75 Å². The zero-order valence-corrected chi connectivity index (χ0v) is 16.0. The lowest BCUT2D eigenvalue weighted by Crippen LogP contribution is -2.40. The molecular formula is C21H35NO2. The third kappa shape index (κ3) is 6.45. The number of nitrogens with zero attached hydrogens (tertiary/aromatic N) is 1. The molecule has 0 saturated carbocycles. The lowest BCUT2D eigenvalue weighted by Gasteiger charge is -2.34. The highest BCUT2D eigenvalue weighted by Crippen LogP contribution is 2.22. The van der Waals surface area contributed by atoms with Gasteiger partial charge in [0.15, 0.2) is 0 Å². The number of hydrogen-bond acceptors (Lipinski definition) is 3. The second kappa shape index (κ2) is 10.0. The summed E-state index contributed by atoms with van der Waals surface area (Å²) >= 11 is 0. The number of rotatable bonds is 9. The Morgan fingerprint density at radius 1 is 1.04 bits per heavy atom. The smallest absolute Gasteiger partial charge is 0.119 e. The van der Waals surface area contributed by atoms with Crippen molar-refractivity contribution >= 4 is 0 Å². The Balaban J connectivity index is 1.56. The Kier molecular flexibility index (Phi) is 8.07. The van der Waals surface area contributed by atoms with Crippen molar-refractivity contribution in [3.63, 3.8) is 0 Å². The van der Waals surface area contributed by atoms with Gasteiger partial charge in [-0.3, -0.25) is 0 Å². The van der Waals surface area contributed by atoms with Crippen LogP contribution in [0.1, 0.15) is 52.0 Å². The van der Waals surface area contributed by atoms with E-state index in [1.165, 1.54) is 31.5 Å². The molecule has 3 nitrogen and oxygen atoms in total. The summed E-state index contributed by atoms with van der Waals surface area (Å²) in [5.74, 6) is 3.18. The summed E-state index contributed by atoms with van der Waals surface area (Å²) in [4.78, 5) is 2.54. The van der Waals surface area contributed by atoms with Crippen LogP contribution in [0.3, 0.4) is 0 Å². The molecule has 0 aromatic heterocycles. The maximum absolute atomic E-state index is 5.76. The largest absolute Gasteiger partial charge is 0.491 e. The quantitative estimate of drug-likeness (QED) is 0.618. The number of piperidine rings is 1. The summed E-state index contributed by atoms with van der Waals surface area (Å²) in [7, 11) is 0. The molecule has 3 heteroatoms. The van der Waals surface area contributed by atoms with E-state index in [1.54, 1.807) is 0 Å². The molecule has 2 rings (SSSR count). The maximum atomic E-state index is 5.76. The first kappa shape index (κ1) is 19.3. The predicted molar refractivity (Wildman–Crippen MR) is 101 cm³/mol. The van der Waals surface area contributed by atoms with Gasteiger partial charge in [-0.1, -0.05) is 39.8 Å². The molecule has 0 aliphatic carbocycles. The van der Waals surface area contributed by atoms with E-state index in [9.17, 15) is 0 Å². The highest BCUT2D eigenvalue weighted by molar-refractivity contribution is 5.29. The van der Waals surface area contributed by atoms with E-state index < -0.39 is 0 Å². The molecule has 0 spiro atoms. The van der Waals surface area contributed by atoms with Crippen molar-refractivity contribution in [1.82, 2.24) is 4.90 Å². The monoisotopic (exact) mass is 333 g/mol. The van der Waals surface area contributed by atoms with Crippen LogP contribution in [0, 0.1) is 11.8 Å². The van der Waals surface area contributed by atoms with Crippen LogP contribution in [0.2, 0.25) is 0 Å². The highest BCUT2D eigenvalue weighted by Gasteiger charge is 2.21. The fraction of sp³-hybridized carbons (Fsp3) is 0.714. The van der Waals surface area contributed by atoms with Crippen LogP contribution in [0.25, 0.3) is 0 Å². The van der Waals surface area contributed by atoms with Gasteiger partial charge in [-0.15, -0.1) is 0 Å². The first-order valence-electron chi connectivity index (χ1n) is 9.61. The van der Waals surface area contributed by atoms with Crippen LogP contribution in [-0.4, -0.2) is 44.4 Å². The van der Waals surface area contributed by atoms with E-state index in [1.807, 2.05) is 0 Å². The molecule has 0 radical (unpaired) electrons. The Bertz CT molecular complexity index is 449. The van der Waals surface area contributed by atoms with Crippen LogP contribution in [0.15, 0.2) is 24.3 Å². The SMILES string of the molecule is CC[C@@H](C)c1ccc(OCCOCCN2C[C@@H](C)C[C@H](C)C2)cc1. The molecular weight excluding hydrogens is 298 g/mol. The fourth-order valence-electron chi connectivity index (χ4n) is 3.62. The normalized spacial score (nSPS) is 23.2. The molecule has 3 atom stereocenters. The van der Waals surface area contributed by atoms with Gasteiger partial charge in [0.2, 0.25) is 0 Å². The van der Waals surface area contributed by atoms with E-state index >= 15 is 0 Å². The van der Waals surface area contributed by atoms with Gasteiger partial charge in [-0.25, -0.2) is 0 Å². The van der Waals surface area contributed by atoms with E-state index in [4.69, 9.17) is 9.47 Å². The van der Waals surface area contributed by atoms with Gasteiger partial charge < -0.3 is 14.4 Å². The van der Waals surface area contributed by atoms with Gasteiger partial charge in [-0.2, -0.15) is 0 Å². The molecule has 1 aromatic carbocycles. The van der Waals surface area contributed by atoms with Gasteiger partial charge in [0.05, 0.1) is 13.2 Å². The summed E-state index contributed by atoms with van der Waals surface area (Å²) < 4.78 is 11.5. The predicted octanol–water partition coefficient (Wildman–Crippen LogP) is 4.57. The van der Waals surface area contributed by atoms with Crippen LogP contribution in [0.5, 0.6) is 5.75 Å². The molecule has 1 heterocycles. The third-order valence-electron chi connectivity index (χ3n) is 5.05. The molecule has 1 aliphatic rings. The molecule has 0 bridgehead atoms. The topological polar surface area (TPSA) is 21.7 Å². The molecule has 0 unspecified atom stereocenters. The average Bonchev–Trinajstić information content (AvgIpc) is 2.57. The van der Waals surface area contributed by atoms with Crippen molar-refractivity contribution in [2.75, 3.05) is 39.5 Å². The Morgan fingerprint density at radius 2 is 1.71 bits per heavy atom. The second-order valence-corrected chi connectivity index (χ2v) is 7.54. The molecule has 1 fully saturated rings. The zero-order valence-electron chi connectivity index (χ0n) is 16.0. The summed E-state index contributed by atoms with van der Waals surface area (Å²) in [6.07, 6.45) is 2.53. The minimum Gasteiger partial charge on any atom is -0.491 e. The molecule has 1 aliphatic heterocycles. The van der Waals surface area contributed by atoms with E-state index in [-0.39, 0.29) is 0 Å². The zero-order chi connectivity index (χ0) is 17.4. The van der Waals surface area contributed by atoms with Gasteiger partial charge in [0.25, 0.3) is 0 Å². The van der Waals surface area contributed by atoms with Crippen LogP contribution in [0.4, 0.5) is 0 Å². The van der Waals surface area contributed by atoms with Gasteiger partial charge in [0, 0.05) is 19.6 Å². The minimum atomic E-state index is 0.614. The lowest BCUT2D eigenvalue weighted by molar-refractivity contribution is 0.0595. The Hall–Kier alpha value is -1.06. The third-order valence-corrected chi connectivity index (χ3v) is 5.05. The van der Waals surface area contributed by atoms with E-state index in [0.29, 0.717) is 19.1 Å².